The first kappa shape index (κ1) is 26.2. The monoisotopic (exact) mass is 463 g/mol. The molecule has 0 saturated carbocycles. The molecule has 0 bridgehead atoms. The zero-order valence-corrected chi connectivity index (χ0v) is 18.7. The van der Waals surface area contributed by atoms with Crippen LogP contribution in [0.15, 0.2) is 18.2 Å². The number of hydrogen-bond acceptors (Lipinski definition) is 6. The van der Waals surface area contributed by atoms with Crippen molar-refractivity contribution in [1.29, 1.82) is 0 Å². The van der Waals surface area contributed by atoms with Gasteiger partial charge in [-0.1, -0.05) is 0 Å². The standard InChI is InChI=1S/C20H31NO4.C2HF3O2/c1-22-10-4-17-5-11-25-20(17)6-8-21(9-7-20)15-16-12-18(23-2)14-19(13-16)24-3;3-2(4,5)1(6)7/h12-14,17H,4-11,15H2,1-3H3;(H,6,7). The summed E-state index contributed by atoms with van der Waals surface area (Å²) in [6, 6.07) is 6.11. The first-order chi connectivity index (χ1) is 15.1. The molecule has 2 aliphatic heterocycles. The van der Waals surface area contributed by atoms with Crippen molar-refractivity contribution in [1.82, 2.24) is 4.90 Å². The van der Waals surface area contributed by atoms with Gasteiger partial charge in [-0.05, 0) is 49.3 Å². The molecule has 1 atom stereocenters. The average molecular weight is 463 g/mol. The molecular formula is C22H32F3NO6. The van der Waals surface area contributed by atoms with Gasteiger partial charge in [0.05, 0.1) is 19.8 Å². The number of rotatable bonds is 7. The molecule has 1 N–H and O–H groups in total. The van der Waals surface area contributed by atoms with Gasteiger partial charge in [-0.25, -0.2) is 4.79 Å². The Morgan fingerprint density at radius 3 is 2.19 bits per heavy atom. The fraction of sp³-hybridized carbons (Fsp3) is 0.682. The average Bonchev–Trinajstić information content (AvgIpc) is 3.15. The lowest BCUT2D eigenvalue weighted by atomic mass is 9.78. The van der Waals surface area contributed by atoms with Crippen LogP contribution in [0.4, 0.5) is 13.2 Å². The Balaban J connectivity index is 0.000000451. The maximum Gasteiger partial charge on any atom is 0.490 e. The fourth-order valence-electron chi connectivity index (χ4n) is 4.31. The van der Waals surface area contributed by atoms with Gasteiger partial charge in [0.1, 0.15) is 11.5 Å². The molecule has 7 nitrogen and oxygen atoms in total. The molecule has 1 unspecified atom stereocenters. The number of aliphatic carboxylic acids is 1. The summed E-state index contributed by atoms with van der Waals surface area (Å²) in [6.07, 6.45) is -0.564. The molecule has 2 heterocycles. The van der Waals surface area contributed by atoms with Crippen molar-refractivity contribution in [3.8, 4) is 11.5 Å². The van der Waals surface area contributed by atoms with Gasteiger partial charge in [-0.15, -0.1) is 0 Å². The van der Waals surface area contributed by atoms with E-state index in [1.165, 1.54) is 12.0 Å². The van der Waals surface area contributed by atoms with Crippen molar-refractivity contribution in [2.45, 2.75) is 44.0 Å². The largest absolute Gasteiger partial charge is 0.497 e. The van der Waals surface area contributed by atoms with Crippen LogP contribution >= 0.6 is 0 Å². The van der Waals surface area contributed by atoms with Gasteiger partial charge in [0.2, 0.25) is 0 Å². The van der Waals surface area contributed by atoms with Crippen LogP contribution in [0.3, 0.4) is 0 Å². The molecule has 2 aliphatic rings. The molecule has 2 fully saturated rings. The minimum atomic E-state index is -5.08. The zero-order chi connectivity index (χ0) is 23.8. The normalized spacial score (nSPS) is 20.5. The van der Waals surface area contributed by atoms with Crippen molar-refractivity contribution < 1.29 is 42.0 Å². The Bertz CT molecular complexity index is 713. The third-order valence-corrected chi connectivity index (χ3v) is 6.03. The third-order valence-electron chi connectivity index (χ3n) is 6.03. The van der Waals surface area contributed by atoms with E-state index in [2.05, 4.69) is 17.0 Å². The van der Waals surface area contributed by atoms with Crippen molar-refractivity contribution in [2.75, 3.05) is 47.6 Å². The fourth-order valence-corrected chi connectivity index (χ4v) is 4.31. The molecule has 2 saturated heterocycles. The number of carbonyl (C=O) groups is 1. The highest BCUT2D eigenvalue weighted by Crippen LogP contribution is 2.42. The van der Waals surface area contributed by atoms with Crippen molar-refractivity contribution in [3.05, 3.63) is 23.8 Å². The van der Waals surface area contributed by atoms with Crippen LogP contribution in [-0.2, 0) is 20.8 Å². The second kappa shape index (κ2) is 11.7. The molecular weight excluding hydrogens is 431 g/mol. The lowest BCUT2D eigenvalue weighted by Gasteiger charge is -2.42. The number of likely N-dealkylation sites (tertiary alicyclic amines) is 1. The van der Waals surface area contributed by atoms with E-state index in [4.69, 9.17) is 28.8 Å². The predicted molar refractivity (Wildman–Crippen MR) is 111 cm³/mol. The van der Waals surface area contributed by atoms with Gasteiger partial charge >= 0.3 is 12.1 Å². The number of piperidine rings is 1. The van der Waals surface area contributed by atoms with Crippen LogP contribution in [0, 0.1) is 5.92 Å². The maximum absolute atomic E-state index is 10.6. The van der Waals surface area contributed by atoms with Gasteiger partial charge in [0, 0.05) is 46.0 Å². The Morgan fingerprint density at radius 1 is 1.16 bits per heavy atom. The first-order valence-corrected chi connectivity index (χ1v) is 10.5. The van der Waals surface area contributed by atoms with Crippen LogP contribution in [0.5, 0.6) is 11.5 Å². The molecule has 0 aromatic heterocycles. The van der Waals surface area contributed by atoms with Gasteiger partial charge in [0.25, 0.3) is 0 Å². The van der Waals surface area contributed by atoms with E-state index in [1.807, 2.05) is 6.07 Å². The van der Waals surface area contributed by atoms with Gasteiger partial charge in [-0.3, -0.25) is 4.90 Å². The van der Waals surface area contributed by atoms with Gasteiger partial charge in [-0.2, -0.15) is 13.2 Å². The SMILES string of the molecule is COCCC1CCOC12CCN(Cc1cc(OC)cc(OC)c1)CC2.O=C(O)C(F)(F)F. The molecule has 3 rings (SSSR count). The summed E-state index contributed by atoms with van der Waals surface area (Å²) in [5.41, 5.74) is 1.32. The van der Waals surface area contributed by atoms with Crippen LogP contribution in [0.1, 0.15) is 31.2 Å². The van der Waals surface area contributed by atoms with E-state index in [-0.39, 0.29) is 5.60 Å². The van der Waals surface area contributed by atoms with Crippen molar-refractivity contribution >= 4 is 5.97 Å². The second-order valence-electron chi connectivity index (χ2n) is 7.98. The topological polar surface area (TPSA) is 77.5 Å². The van der Waals surface area contributed by atoms with Crippen molar-refractivity contribution in [3.63, 3.8) is 0 Å². The minimum Gasteiger partial charge on any atom is -0.497 e. The number of carboxylic acid groups (broad SMARTS) is 1. The van der Waals surface area contributed by atoms with Crippen LogP contribution in [0.2, 0.25) is 0 Å². The summed E-state index contributed by atoms with van der Waals surface area (Å²) >= 11 is 0. The molecule has 1 aromatic carbocycles. The van der Waals surface area contributed by atoms with Gasteiger partial charge < -0.3 is 24.1 Å². The smallest absolute Gasteiger partial charge is 0.490 e. The summed E-state index contributed by atoms with van der Waals surface area (Å²) in [5, 5.41) is 7.12. The van der Waals surface area contributed by atoms with E-state index in [1.54, 1.807) is 21.3 Å². The summed E-state index contributed by atoms with van der Waals surface area (Å²) in [6.45, 7) is 4.81. The van der Waals surface area contributed by atoms with E-state index in [0.717, 1.165) is 63.6 Å². The number of alkyl halides is 3. The van der Waals surface area contributed by atoms with Crippen LogP contribution < -0.4 is 9.47 Å². The Morgan fingerprint density at radius 2 is 1.72 bits per heavy atom. The summed E-state index contributed by atoms with van der Waals surface area (Å²) < 4.78 is 54.0. The second-order valence-corrected chi connectivity index (χ2v) is 7.98. The van der Waals surface area contributed by atoms with Crippen molar-refractivity contribution in [2.24, 2.45) is 5.92 Å². The van der Waals surface area contributed by atoms with Gasteiger partial charge in [0.15, 0.2) is 0 Å². The number of nitrogens with zero attached hydrogens (tertiary/aromatic N) is 1. The third kappa shape index (κ3) is 7.25. The molecule has 32 heavy (non-hydrogen) atoms. The van der Waals surface area contributed by atoms with E-state index < -0.39 is 12.1 Å². The van der Waals surface area contributed by atoms with Crippen LogP contribution in [0.25, 0.3) is 0 Å². The number of carboxylic acids is 1. The lowest BCUT2D eigenvalue weighted by Crippen LogP contribution is -2.47. The molecule has 1 spiro atoms. The summed E-state index contributed by atoms with van der Waals surface area (Å²) in [7, 11) is 5.18. The molecule has 0 radical (unpaired) electrons. The Labute approximate surface area is 186 Å². The molecule has 0 aliphatic carbocycles. The zero-order valence-electron chi connectivity index (χ0n) is 18.7. The summed E-state index contributed by atoms with van der Waals surface area (Å²) in [4.78, 5) is 11.4. The molecule has 182 valence electrons. The summed E-state index contributed by atoms with van der Waals surface area (Å²) in [5.74, 6) is -0.415. The molecule has 1 aromatic rings. The highest BCUT2D eigenvalue weighted by Gasteiger charge is 2.45. The predicted octanol–water partition coefficient (Wildman–Crippen LogP) is 3.74. The number of benzene rings is 1. The Kier molecular flexibility index (Phi) is 9.60. The van der Waals surface area contributed by atoms with E-state index in [0.29, 0.717) is 5.92 Å². The highest BCUT2D eigenvalue weighted by molar-refractivity contribution is 5.73. The number of methoxy groups -OCH3 is 3. The quantitative estimate of drug-likeness (QED) is 0.660. The number of hydrogen-bond donors (Lipinski definition) is 1. The maximum atomic E-state index is 10.6. The first-order valence-electron chi connectivity index (χ1n) is 10.5. The molecule has 10 heteroatoms. The van der Waals surface area contributed by atoms with Crippen LogP contribution in [-0.4, -0.2) is 75.4 Å². The number of ether oxygens (including phenoxy) is 4. The Hall–Kier alpha value is -2.04. The number of halogens is 3. The molecule has 0 amide bonds. The minimum absolute atomic E-state index is 0.0844. The van der Waals surface area contributed by atoms with E-state index in [9.17, 15) is 13.2 Å². The van der Waals surface area contributed by atoms with E-state index >= 15 is 0 Å². The lowest BCUT2D eigenvalue weighted by molar-refractivity contribution is -0.192. The highest BCUT2D eigenvalue weighted by atomic mass is 19.4.